The second-order valence-electron chi connectivity index (χ2n) is 5.58. The average molecular weight is 294 g/mol. The molecule has 0 bridgehead atoms. The number of aliphatic hydroxyl groups excluding tert-OH is 2. The number of hydrogen-bond donors (Lipinski definition) is 2. The lowest BCUT2D eigenvalue weighted by Gasteiger charge is -2.25. The van der Waals surface area contributed by atoms with Crippen LogP contribution in [0.4, 0.5) is 0 Å². The van der Waals surface area contributed by atoms with Gasteiger partial charge in [0.1, 0.15) is 18.0 Å². The van der Waals surface area contributed by atoms with Crippen molar-refractivity contribution in [1.82, 2.24) is 0 Å². The number of aliphatic hydroxyl groups is 2. The van der Waals surface area contributed by atoms with Crippen molar-refractivity contribution < 1.29 is 24.5 Å². The number of esters is 1. The van der Waals surface area contributed by atoms with E-state index >= 15 is 0 Å². The maximum atomic E-state index is 11.5. The minimum absolute atomic E-state index is 0.0332. The van der Waals surface area contributed by atoms with E-state index in [0.717, 1.165) is 11.1 Å². The van der Waals surface area contributed by atoms with Crippen molar-refractivity contribution in [2.75, 3.05) is 13.7 Å². The molecule has 1 saturated heterocycles. The third kappa shape index (κ3) is 3.19. The maximum Gasteiger partial charge on any atom is 0.306 e. The Morgan fingerprint density at radius 2 is 2.14 bits per heavy atom. The number of aryl methyl sites for hydroxylation is 2. The molecule has 1 fully saturated rings. The summed E-state index contributed by atoms with van der Waals surface area (Å²) in [5.74, 6) is 0.0997. The Balaban J connectivity index is 2.34. The third-order valence-corrected chi connectivity index (χ3v) is 3.94. The monoisotopic (exact) mass is 294 g/mol. The Hall–Kier alpha value is -1.59. The number of cyclic esters (lactones) is 1. The fourth-order valence-electron chi connectivity index (χ4n) is 3.04. The zero-order chi connectivity index (χ0) is 15.6. The molecule has 2 N–H and O–H groups in total. The molecule has 0 saturated carbocycles. The van der Waals surface area contributed by atoms with E-state index in [1.54, 1.807) is 7.11 Å². The molecule has 1 aromatic rings. The highest BCUT2D eigenvalue weighted by Crippen LogP contribution is 2.39. The highest BCUT2D eigenvalue weighted by molar-refractivity contribution is 5.72. The SMILES string of the molecule is COc1c(C)cc(C)cc1[C@@H](O)[C@@H]1OC(=O)C[C@H]1CCO. The predicted octanol–water partition coefficient (Wildman–Crippen LogP) is 1.66. The molecule has 1 aliphatic heterocycles. The highest BCUT2D eigenvalue weighted by Gasteiger charge is 2.40. The molecule has 1 aliphatic rings. The molecular weight excluding hydrogens is 272 g/mol. The van der Waals surface area contributed by atoms with Gasteiger partial charge in [0.2, 0.25) is 0 Å². The Bertz CT molecular complexity index is 526. The second kappa shape index (κ2) is 6.45. The van der Waals surface area contributed by atoms with Gasteiger partial charge >= 0.3 is 5.97 Å². The molecule has 0 amide bonds. The van der Waals surface area contributed by atoms with E-state index < -0.39 is 12.2 Å². The van der Waals surface area contributed by atoms with Gasteiger partial charge in [-0.3, -0.25) is 4.79 Å². The average Bonchev–Trinajstić information content (AvgIpc) is 2.78. The molecule has 1 aromatic carbocycles. The lowest BCUT2D eigenvalue weighted by molar-refractivity contribution is -0.146. The van der Waals surface area contributed by atoms with Gasteiger partial charge in [0.15, 0.2) is 0 Å². The van der Waals surface area contributed by atoms with E-state index in [-0.39, 0.29) is 24.9 Å². The minimum Gasteiger partial charge on any atom is -0.496 e. The molecule has 0 radical (unpaired) electrons. The summed E-state index contributed by atoms with van der Waals surface area (Å²) in [5, 5.41) is 19.8. The molecule has 0 unspecified atom stereocenters. The van der Waals surface area contributed by atoms with Gasteiger partial charge in [-0.2, -0.15) is 0 Å². The summed E-state index contributed by atoms with van der Waals surface area (Å²) >= 11 is 0. The van der Waals surface area contributed by atoms with Gasteiger partial charge in [0, 0.05) is 18.1 Å². The summed E-state index contributed by atoms with van der Waals surface area (Å²) in [4.78, 5) is 11.5. The number of rotatable bonds is 5. The predicted molar refractivity (Wildman–Crippen MR) is 77.1 cm³/mol. The zero-order valence-corrected chi connectivity index (χ0v) is 12.6. The molecule has 21 heavy (non-hydrogen) atoms. The number of benzene rings is 1. The number of carbonyl (C=O) groups excluding carboxylic acids is 1. The van der Waals surface area contributed by atoms with Crippen molar-refractivity contribution in [2.24, 2.45) is 5.92 Å². The fourth-order valence-corrected chi connectivity index (χ4v) is 3.04. The van der Waals surface area contributed by atoms with Crippen LogP contribution < -0.4 is 4.74 Å². The molecule has 5 nitrogen and oxygen atoms in total. The zero-order valence-electron chi connectivity index (χ0n) is 12.6. The first-order chi connectivity index (χ1) is 9.97. The van der Waals surface area contributed by atoms with Crippen LogP contribution in [0.15, 0.2) is 12.1 Å². The molecule has 0 aliphatic carbocycles. The summed E-state index contributed by atoms with van der Waals surface area (Å²) in [7, 11) is 1.56. The first-order valence-corrected chi connectivity index (χ1v) is 7.11. The topological polar surface area (TPSA) is 76.0 Å². The van der Waals surface area contributed by atoms with Crippen LogP contribution in [0.2, 0.25) is 0 Å². The van der Waals surface area contributed by atoms with E-state index in [1.807, 2.05) is 26.0 Å². The number of ether oxygens (including phenoxy) is 2. The second-order valence-corrected chi connectivity index (χ2v) is 5.58. The van der Waals surface area contributed by atoms with Crippen LogP contribution >= 0.6 is 0 Å². The third-order valence-electron chi connectivity index (χ3n) is 3.94. The van der Waals surface area contributed by atoms with Crippen molar-refractivity contribution in [3.8, 4) is 5.75 Å². The van der Waals surface area contributed by atoms with E-state index in [1.165, 1.54) is 0 Å². The summed E-state index contributed by atoms with van der Waals surface area (Å²) in [6.45, 7) is 3.82. The van der Waals surface area contributed by atoms with Gasteiger partial charge in [-0.15, -0.1) is 0 Å². The minimum atomic E-state index is -0.957. The summed E-state index contributed by atoms with van der Waals surface area (Å²) in [5.41, 5.74) is 2.55. The van der Waals surface area contributed by atoms with E-state index in [4.69, 9.17) is 14.6 Å². The Morgan fingerprint density at radius 1 is 1.43 bits per heavy atom. The fraction of sp³-hybridized carbons (Fsp3) is 0.562. The molecule has 2 rings (SSSR count). The van der Waals surface area contributed by atoms with Gasteiger partial charge in [-0.25, -0.2) is 0 Å². The first kappa shape index (κ1) is 15.8. The van der Waals surface area contributed by atoms with Gasteiger partial charge in [0.25, 0.3) is 0 Å². The molecule has 5 heteroatoms. The lowest BCUT2D eigenvalue weighted by atomic mass is 9.89. The van der Waals surface area contributed by atoms with Gasteiger partial charge in [-0.05, 0) is 31.9 Å². The van der Waals surface area contributed by atoms with Gasteiger partial charge < -0.3 is 19.7 Å². The van der Waals surface area contributed by atoms with E-state index in [0.29, 0.717) is 17.7 Å². The van der Waals surface area contributed by atoms with Gasteiger partial charge in [0.05, 0.1) is 13.5 Å². The molecular formula is C16H22O5. The van der Waals surface area contributed by atoms with Gasteiger partial charge in [-0.1, -0.05) is 11.6 Å². The van der Waals surface area contributed by atoms with E-state index in [2.05, 4.69) is 0 Å². The lowest BCUT2D eigenvalue weighted by Crippen LogP contribution is -2.26. The normalized spacial score (nSPS) is 23.0. The van der Waals surface area contributed by atoms with Crippen molar-refractivity contribution >= 4 is 5.97 Å². The smallest absolute Gasteiger partial charge is 0.306 e. The van der Waals surface area contributed by atoms with Crippen LogP contribution in [-0.4, -0.2) is 36.0 Å². The van der Waals surface area contributed by atoms with Crippen LogP contribution in [0.1, 0.15) is 35.6 Å². The highest BCUT2D eigenvalue weighted by atomic mass is 16.6. The molecule has 116 valence electrons. The van der Waals surface area contributed by atoms with Crippen molar-refractivity contribution in [2.45, 2.75) is 38.9 Å². The Kier molecular flexibility index (Phi) is 4.85. The number of hydrogen-bond acceptors (Lipinski definition) is 5. The van der Waals surface area contributed by atoms with Crippen LogP contribution in [0.3, 0.4) is 0 Å². The standard InChI is InChI=1S/C16H22O5/c1-9-6-10(2)15(20-3)12(7-9)14(19)16-11(4-5-17)8-13(18)21-16/h6-7,11,14,16-17,19H,4-5,8H2,1-3H3/t11-,14-,16-/m1/s1. The quantitative estimate of drug-likeness (QED) is 0.808. The molecule has 0 spiro atoms. The Labute approximate surface area is 124 Å². The number of methoxy groups -OCH3 is 1. The van der Waals surface area contributed by atoms with E-state index in [9.17, 15) is 9.90 Å². The number of carbonyl (C=O) groups is 1. The molecule has 0 aromatic heterocycles. The van der Waals surface area contributed by atoms with Crippen molar-refractivity contribution in [3.63, 3.8) is 0 Å². The summed E-state index contributed by atoms with van der Waals surface area (Å²) in [6, 6.07) is 3.82. The largest absolute Gasteiger partial charge is 0.496 e. The Morgan fingerprint density at radius 3 is 2.76 bits per heavy atom. The maximum absolute atomic E-state index is 11.5. The van der Waals surface area contributed by atoms with Crippen molar-refractivity contribution in [1.29, 1.82) is 0 Å². The summed E-state index contributed by atoms with van der Waals surface area (Å²) in [6.07, 6.45) is -0.933. The van der Waals surface area contributed by atoms with Crippen LogP contribution in [0.5, 0.6) is 5.75 Å². The van der Waals surface area contributed by atoms with Crippen LogP contribution in [0.25, 0.3) is 0 Å². The first-order valence-electron chi connectivity index (χ1n) is 7.11. The van der Waals surface area contributed by atoms with Crippen LogP contribution in [-0.2, 0) is 9.53 Å². The molecule has 1 heterocycles. The molecule has 3 atom stereocenters. The van der Waals surface area contributed by atoms with Crippen molar-refractivity contribution in [3.05, 3.63) is 28.8 Å². The summed E-state index contributed by atoms with van der Waals surface area (Å²) < 4.78 is 10.7. The van der Waals surface area contributed by atoms with Crippen LogP contribution in [0, 0.1) is 19.8 Å².